The number of carbonyl (C=O) groups excluding carboxylic acids is 1. The lowest BCUT2D eigenvalue weighted by Crippen LogP contribution is -2.50. The van der Waals surface area contributed by atoms with Crippen molar-refractivity contribution in [3.8, 4) is 0 Å². The van der Waals surface area contributed by atoms with E-state index in [0.29, 0.717) is 13.1 Å². The number of imidazole rings is 1. The normalized spacial score (nSPS) is 21.6. The number of nitrogens with zero attached hydrogens (tertiary/aromatic N) is 2. The highest BCUT2D eigenvalue weighted by Crippen LogP contribution is 2.20. The van der Waals surface area contributed by atoms with Gasteiger partial charge in [0.15, 0.2) is 0 Å². The van der Waals surface area contributed by atoms with Crippen LogP contribution < -0.4 is 5.32 Å². The van der Waals surface area contributed by atoms with E-state index in [2.05, 4.69) is 15.3 Å². The fraction of sp³-hybridized carbons (Fsp3) is 0.583. The summed E-state index contributed by atoms with van der Waals surface area (Å²) in [5.74, 6) is -1.61. The molecule has 2 unspecified atom stereocenters. The number of aromatic nitrogens is 2. The molecule has 0 bridgehead atoms. The second-order valence-electron chi connectivity index (χ2n) is 4.57. The smallest absolute Gasteiger partial charge is 0.318 e. The molecule has 1 aliphatic heterocycles. The van der Waals surface area contributed by atoms with Crippen LogP contribution in [0.3, 0.4) is 0 Å². The molecule has 0 radical (unpaired) electrons. The molecule has 0 aliphatic carbocycles. The fourth-order valence-electron chi connectivity index (χ4n) is 2.27. The van der Waals surface area contributed by atoms with E-state index < -0.39 is 17.9 Å². The minimum Gasteiger partial charge on any atom is -0.481 e. The minimum absolute atomic E-state index is 0.143. The van der Waals surface area contributed by atoms with Crippen LogP contribution in [0.5, 0.6) is 0 Å². The van der Waals surface area contributed by atoms with Gasteiger partial charge in [0, 0.05) is 12.7 Å². The first kappa shape index (κ1) is 14.3. The Morgan fingerprint density at radius 3 is 3.00 bits per heavy atom. The molecule has 1 fully saturated rings. The number of nitrogens with one attached hydrogen (secondary N) is 2. The summed E-state index contributed by atoms with van der Waals surface area (Å²) >= 11 is 0. The molecule has 110 valence electrons. The van der Waals surface area contributed by atoms with Gasteiger partial charge in [-0.3, -0.25) is 4.79 Å². The Morgan fingerprint density at radius 1 is 1.60 bits per heavy atom. The molecular formula is C12H18N4O4. The van der Waals surface area contributed by atoms with Crippen LogP contribution in [-0.2, 0) is 16.1 Å². The Hall–Kier alpha value is -2.09. The van der Waals surface area contributed by atoms with Crippen LogP contribution in [0.2, 0.25) is 0 Å². The predicted octanol–water partition coefficient (Wildman–Crippen LogP) is 0.0408. The number of hydrogen-bond acceptors (Lipinski definition) is 4. The third-order valence-electron chi connectivity index (χ3n) is 3.35. The lowest BCUT2D eigenvalue weighted by atomic mass is 10.0. The number of carbonyl (C=O) groups is 2. The number of carboxylic acid groups (broad SMARTS) is 1. The molecule has 0 spiro atoms. The van der Waals surface area contributed by atoms with E-state index in [-0.39, 0.29) is 19.2 Å². The van der Waals surface area contributed by atoms with Crippen LogP contribution >= 0.6 is 0 Å². The van der Waals surface area contributed by atoms with Crippen LogP contribution in [0.25, 0.3) is 0 Å². The maximum atomic E-state index is 12.2. The summed E-state index contributed by atoms with van der Waals surface area (Å²) in [6.45, 7) is 2.95. The quantitative estimate of drug-likeness (QED) is 0.707. The van der Waals surface area contributed by atoms with Crippen molar-refractivity contribution in [3.05, 3.63) is 18.2 Å². The van der Waals surface area contributed by atoms with Crippen molar-refractivity contribution in [1.29, 1.82) is 0 Å². The lowest BCUT2D eigenvalue weighted by Gasteiger charge is -2.29. The number of carboxylic acids is 1. The van der Waals surface area contributed by atoms with E-state index in [1.807, 2.05) is 6.92 Å². The summed E-state index contributed by atoms with van der Waals surface area (Å²) in [7, 11) is 0. The average molecular weight is 282 g/mol. The van der Waals surface area contributed by atoms with E-state index in [1.165, 1.54) is 11.2 Å². The maximum Gasteiger partial charge on any atom is 0.318 e. The Balaban J connectivity index is 1.96. The number of rotatable bonds is 5. The van der Waals surface area contributed by atoms with Gasteiger partial charge < -0.3 is 25.0 Å². The Bertz CT molecular complexity index is 462. The number of aliphatic carboxylic acids is 1. The molecule has 8 nitrogen and oxygen atoms in total. The number of aromatic amines is 1. The van der Waals surface area contributed by atoms with Crippen LogP contribution in [0, 0.1) is 5.92 Å². The zero-order valence-electron chi connectivity index (χ0n) is 11.2. The Labute approximate surface area is 116 Å². The van der Waals surface area contributed by atoms with Gasteiger partial charge in [0.1, 0.15) is 5.92 Å². The van der Waals surface area contributed by atoms with E-state index in [1.54, 1.807) is 6.20 Å². The largest absolute Gasteiger partial charge is 0.481 e. The van der Waals surface area contributed by atoms with E-state index in [9.17, 15) is 9.59 Å². The highest BCUT2D eigenvalue weighted by Gasteiger charge is 2.39. The monoisotopic (exact) mass is 282 g/mol. The number of ether oxygens (including phenoxy) is 1. The van der Waals surface area contributed by atoms with Crippen molar-refractivity contribution >= 4 is 12.0 Å². The molecule has 1 aromatic heterocycles. The van der Waals surface area contributed by atoms with Crippen molar-refractivity contribution in [2.24, 2.45) is 5.92 Å². The maximum absolute atomic E-state index is 12.2. The van der Waals surface area contributed by atoms with Crippen LogP contribution in [0.4, 0.5) is 4.79 Å². The number of likely N-dealkylation sites (N-methyl/N-ethyl adjacent to an activating group) is 1. The first-order valence-electron chi connectivity index (χ1n) is 6.45. The van der Waals surface area contributed by atoms with Crippen molar-refractivity contribution < 1.29 is 19.4 Å². The number of H-pyrrole nitrogens is 1. The zero-order valence-corrected chi connectivity index (χ0v) is 11.2. The summed E-state index contributed by atoms with van der Waals surface area (Å²) in [5.41, 5.74) is 0.784. The fourth-order valence-corrected chi connectivity index (χ4v) is 2.27. The molecule has 2 amide bonds. The van der Waals surface area contributed by atoms with Gasteiger partial charge in [-0.25, -0.2) is 9.78 Å². The molecule has 2 atom stereocenters. The topological polar surface area (TPSA) is 108 Å². The summed E-state index contributed by atoms with van der Waals surface area (Å²) in [6.07, 6.45) is 3.15. The number of amides is 2. The first-order chi connectivity index (χ1) is 9.63. The van der Waals surface area contributed by atoms with Crippen molar-refractivity contribution in [2.45, 2.75) is 19.5 Å². The summed E-state index contributed by atoms with van der Waals surface area (Å²) in [5, 5.41) is 11.9. The molecule has 0 aromatic carbocycles. The van der Waals surface area contributed by atoms with Crippen molar-refractivity contribution in [1.82, 2.24) is 20.2 Å². The van der Waals surface area contributed by atoms with Gasteiger partial charge in [0.05, 0.1) is 37.8 Å². The van der Waals surface area contributed by atoms with Crippen molar-refractivity contribution in [2.75, 3.05) is 19.8 Å². The molecule has 1 saturated heterocycles. The molecule has 20 heavy (non-hydrogen) atoms. The summed E-state index contributed by atoms with van der Waals surface area (Å²) < 4.78 is 5.20. The molecular weight excluding hydrogens is 264 g/mol. The first-order valence-corrected chi connectivity index (χ1v) is 6.45. The van der Waals surface area contributed by atoms with Crippen LogP contribution in [0.1, 0.15) is 12.6 Å². The average Bonchev–Trinajstić information content (AvgIpc) is 3.08. The standard InChI is InChI=1S/C12H18N4O4/c1-2-16(10-6-20-5-9(10)11(17)18)12(19)14-4-8-3-13-7-15-8/h3,7,9-10H,2,4-6H2,1H3,(H,13,15)(H,14,19)(H,17,18). The molecule has 2 rings (SSSR count). The van der Waals surface area contributed by atoms with Gasteiger partial charge >= 0.3 is 12.0 Å². The van der Waals surface area contributed by atoms with Gasteiger partial charge in [-0.1, -0.05) is 0 Å². The molecule has 3 N–H and O–H groups in total. The molecule has 0 saturated carbocycles. The van der Waals surface area contributed by atoms with Gasteiger partial charge in [-0.2, -0.15) is 0 Å². The second-order valence-corrected chi connectivity index (χ2v) is 4.57. The Morgan fingerprint density at radius 2 is 2.40 bits per heavy atom. The summed E-state index contributed by atoms with van der Waals surface area (Å²) in [4.78, 5) is 31.5. The van der Waals surface area contributed by atoms with E-state index in [0.717, 1.165) is 5.69 Å². The minimum atomic E-state index is -0.938. The van der Waals surface area contributed by atoms with Crippen molar-refractivity contribution in [3.63, 3.8) is 0 Å². The molecule has 1 aliphatic rings. The Kier molecular flexibility index (Phi) is 4.57. The van der Waals surface area contributed by atoms with Crippen LogP contribution in [0.15, 0.2) is 12.5 Å². The van der Waals surface area contributed by atoms with Gasteiger partial charge in [0.25, 0.3) is 0 Å². The number of urea groups is 1. The molecule has 2 heterocycles. The van der Waals surface area contributed by atoms with E-state index in [4.69, 9.17) is 9.84 Å². The predicted molar refractivity (Wildman–Crippen MR) is 68.9 cm³/mol. The SMILES string of the molecule is CCN(C(=O)NCc1cnc[nH]1)C1COCC1C(=O)O. The van der Waals surface area contributed by atoms with Gasteiger partial charge in [-0.05, 0) is 6.92 Å². The molecule has 8 heteroatoms. The lowest BCUT2D eigenvalue weighted by molar-refractivity contribution is -0.142. The summed E-state index contributed by atoms with van der Waals surface area (Å²) in [6, 6.07) is -0.733. The zero-order chi connectivity index (χ0) is 14.5. The van der Waals surface area contributed by atoms with Gasteiger partial charge in [-0.15, -0.1) is 0 Å². The second kappa shape index (κ2) is 6.38. The number of hydrogen-bond donors (Lipinski definition) is 3. The third-order valence-corrected chi connectivity index (χ3v) is 3.35. The molecule has 1 aromatic rings. The highest BCUT2D eigenvalue weighted by molar-refractivity contribution is 5.77. The van der Waals surface area contributed by atoms with E-state index >= 15 is 0 Å². The third kappa shape index (κ3) is 3.08. The highest BCUT2D eigenvalue weighted by atomic mass is 16.5. The van der Waals surface area contributed by atoms with Gasteiger partial charge in [0.2, 0.25) is 0 Å². The van der Waals surface area contributed by atoms with Crippen LogP contribution in [-0.4, -0.2) is 57.8 Å².